The number of anilines is 1. The van der Waals surface area contributed by atoms with Crippen LogP contribution in [0.15, 0.2) is 65.9 Å². The van der Waals surface area contributed by atoms with E-state index in [0.29, 0.717) is 22.2 Å². The Labute approximate surface area is 188 Å². The molecule has 0 radical (unpaired) electrons. The minimum absolute atomic E-state index is 0.168. The molecule has 0 aliphatic carbocycles. The number of nitriles is 1. The monoisotopic (exact) mass is 478 g/mol. The van der Waals surface area contributed by atoms with Crippen molar-refractivity contribution in [3.05, 3.63) is 83.7 Å². The summed E-state index contributed by atoms with van der Waals surface area (Å²) in [6, 6.07) is 12.1. The Bertz CT molecular complexity index is 1290. The number of pyridine rings is 1. The molecule has 2 aromatic carbocycles. The Kier molecular flexibility index (Phi) is 5.77. The highest BCUT2D eigenvalue weighted by atomic mass is 19.4. The Morgan fingerprint density at radius 2 is 1.71 bits per heavy atom. The lowest BCUT2D eigenvalue weighted by Crippen LogP contribution is -2.43. The van der Waals surface area contributed by atoms with Crippen LogP contribution in [0.3, 0.4) is 0 Å². The number of rotatable bonds is 4. The van der Waals surface area contributed by atoms with E-state index in [4.69, 9.17) is 5.26 Å². The molecule has 1 unspecified atom stereocenters. The number of hydrazone groups is 1. The average molecular weight is 478 g/mol. The smallest absolute Gasteiger partial charge is 0.255 e. The van der Waals surface area contributed by atoms with E-state index < -0.39 is 47.6 Å². The van der Waals surface area contributed by atoms with E-state index in [9.17, 15) is 30.7 Å². The zero-order valence-corrected chi connectivity index (χ0v) is 17.0. The van der Waals surface area contributed by atoms with Gasteiger partial charge in [-0.05, 0) is 41.5 Å². The summed E-state index contributed by atoms with van der Waals surface area (Å²) < 4.78 is 95.2. The van der Waals surface area contributed by atoms with Gasteiger partial charge in [-0.15, -0.1) is 0 Å². The van der Waals surface area contributed by atoms with Crippen LogP contribution in [0, 0.1) is 23.0 Å². The summed E-state index contributed by atoms with van der Waals surface area (Å²) >= 11 is 0. The minimum Gasteiger partial charge on any atom is -0.255 e. The Hall–Kier alpha value is -3.94. The fourth-order valence-corrected chi connectivity index (χ4v) is 3.57. The third-order valence-electron chi connectivity index (χ3n) is 5.27. The van der Waals surface area contributed by atoms with Crippen LogP contribution in [0.2, 0.25) is 0 Å². The van der Waals surface area contributed by atoms with Gasteiger partial charge in [-0.1, -0.05) is 18.2 Å². The van der Waals surface area contributed by atoms with Gasteiger partial charge in [0.05, 0.1) is 11.7 Å². The molecule has 1 aliphatic heterocycles. The van der Waals surface area contributed by atoms with Crippen LogP contribution in [0.4, 0.5) is 36.4 Å². The van der Waals surface area contributed by atoms with E-state index in [1.165, 1.54) is 24.4 Å². The van der Waals surface area contributed by atoms with Crippen molar-refractivity contribution in [1.82, 2.24) is 4.98 Å². The molecule has 0 bridgehead atoms. The summed E-state index contributed by atoms with van der Waals surface area (Å²) in [5.41, 5.74) is -0.419. The number of benzene rings is 2. The Morgan fingerprint density at radius 1 is 0.941 bits per heavy atom. The molecule has 4 nitrogen and oxygen atoms in total. The number of hydrogen-bond acceptors (Lipinski definition) is 4. The molecule has 1 atom stereocenters. The van der Waals surface area contributed by atoms with Crippen LogP contribution >= 0.6 is 0 Å². The van der Waals surface area contributed by atoms with Crippen LogP contribution in [0.1, 0.15) is 23.7 Å². The zero-order valence-electron chi connectivity index (χ0n) is 17.0. The molecule has 1 aromatic heterocycles. The van der Waals surface area contributed by atoms with Crippen molar-refractivity contribution in [2.24, 2.45) is 5.10 Å². The van der Waals surface area contributed by atoms with Gasteiger partial charge in [-0.25, -0.2) is 13.8 Å². The van der Waals surface area contributed by atoms with Crippen LogP contribution < -0.4 is 5.01 Å². The van der Waals surface area contributed by atoms with E-state index in [1.807, 2.05) is 6.07 Å². The van der Waals surface area contributed by atoms with Crippen LogP contribution in [0.25, 0.3) is 11.1 Å². The average Bonchev–Trinajstić information content (AvgIpc) is 3.24. The molecular formula is C23H13F7N4. The summed E-state index contributed by atoms with van der Waals surface area (Å²) in [4.78, 5) is 3.95. The SMILES string of the molecule is N#Cc1ccc(-c2cccc(C3CC(C(F)(F)C(F)(F)F)=NN3c3ccc(F)cc3F)c2)cn1. The lowest BCUT2D eigenvalue weighted by Gasteiger charge is -2.25. The van der Waals surface area contributed by atoms with Crippen molar-refractivity contribution >= 4 is 11.4 Å². The van der Waals surface area contributed by atoms with Crippen molar-refractivity contribution < 1.29 is 30.7 Å². The summed E-state index contributed by atoms with van der Waals surface area (Å²) in [6.45, 7) is 0. The molecule has 0 N–H and O–H groups in total. The maximum atomic E-state index is 14.5. The molecule has 4 rings (SSSR count). The second-order valence-electron chi connectivity index (χ2n) is 7.45. The van der Waals surface area contributed by atoms with Gasteiger partial charge < -0.3 is 0 Å². The summed E-state index contributed by atoms with van der Waals surface area (Å²) in [6.07, 6.45) is -5.34. The van der Waals surface area contributed by atoms with Gasteiger partial charge in [0.15, 0.2) is 5.82 Å². The van der Waals surface area contributed by atoms with Gasteiger partial charge in [0.2, 0.25) is 0 Å². The molecule has 0 saturated heterocycles. The number of halogens is 7. The molecule has 2 heterocycles. The van der Waals surface area contributed by atoms with Crippen LogP contribution in [-0.4, -0.2) is 22.8 Å². The predicted octanol–water partition coefficient (Wildman–Crippen LogP) is 6.40. The van der Waals surface area contributed by atoms with E-state index in [1.54, 1.807) is 18.2 Å². The van der Waals surface area contributed by atoms with E-state index in [0.717, 1.165) is 12.1 Å². The van der Waals surface area contributed by atoms with Crippen molar-refractivity contribution in [1.29, 1.82) is 5.26 Å². The number of hydrogen-bond donors (Lipinski definition) is 0. The van der Waals surface area contributed by atoms with E-state index >= 15 is 0 Å². The highest BCUT2D eigenvalue weighted by Gasteiger charge is 2.63. The van der Waals surface area contributed by atoms with Gasteiger partial charge >= 0.3 is 12.1 Å². The van der Waals surface area contributed by atoms with Crippen molar-refractivity contribution in [3.8, 4) is 17.2 Å². The maximum Gasteiger partial charge on any atom is 0.459 e. The van der Waals surface area contributed by atoms with Gasteiger partial charge in [-0.2, -0.15) is 32.3 Å². The first-order valence-electron chi connectivity index (χ1n) is 9.74. The third kappa shape index (κ3) is 4.19. The summed E-state index contributed by atoms with van der Waals surface area (Å²) in [7, 11) is 0. The fourth-order valence-electron chi connectivity index (χ4n) is 3.57. The standard InChI is InChI=1S/C23H13F7N4/c24-16-5-7-19(18(25)9-16)34-20(10-21(33-34)22(26,27)23(28,29)30)14-3-1-2-13(8-14)15-4-6-17(11-31)32-12-15/h1-9,12,20H,10H2. The van der Waals surface area contributed by atoms with Crippen LogP contribution in [0.5, 0.6) is 0 Å². The highest BCUT2D eigenvalue weighted by molar-refractivity contribution is 5.95. The first-order valence-corrected chi connectivity index (χ1v) is 9.74. The number of alkyl halides is 5. The Balaban J connectivity index is 1.78. The number of aromatic nitrogens is 1. The topological polar surface area (TPSA) is 52.3 Å². The molecule has 0 amide bonds. The minimum atomic E-state index is -5.90. The van der Waals surface area contributed by atoms with Crippen molar-refractivity contribution in [2.45, 2.75) is 24.6 Å². The lowest BCUT2D eigenvalue weighted by atomic mass is 9.95. The first kappa shape index (κ1) is 23.2. The van der Waals surface area contributed by atoms with Gasteiger partial charge in [0.1, 0.15) is 23.3 Å². The van der Waals surface area contributed by atoms with Crippen molar-refractivity contribution in [2.75, 3.05) is 5.01 Å². The molecule has 174 valence electrons. The fraction of sp³-hybridized carbons (Fsp3) is 0.174. The number of nitrogens with zero attached hydrogens (tertiary/aromatic N) is 4. The van der Waals surface area contributed by atoms with Crippen molar-refractivity contribution in [3.63, 3.8) is 0 Å². The third-order valence-corrected chi connectivity index (χ3v) is 5.27. The lowest BCUT2D eigenvalue weighted by molar-refractivity contribution is -0.249. The van der Waals surface area contributed by atoms with Gasteiger partial charge in [-0.3, -0.25) is 5.01 Å². The second kappa shape index (κ2) is 8.44. The van der Waals surface area contributed by atoms with E-state index in [2.05, 4.69) is 10.1 Å². The maximum absolute atomic E-state index is 14.5. The molecule has 0 spiro atoms. The molecule has 3 aromatic rings. The molecule has 34 heavy (non-hydrogen) atoms. The van der Waals surface area contributed by atoms with Crippen LogP contribution in [-0.2, 0) is 0 Å². The largest absolute Gasteiger partial charge is 0.459 e. The van der Waals surface area contributed by atoms with Gasteiger partial charge in [0.25, 0.3) is 0 Å². The van der Waals surface area contributed by atoms with Gasteiger partial charge in [0, 0.05) is 24.2 Å². The molecule has 11 heteroatoms. The predicted molar refractivity (Wildman–Crippen MR) is 109 cm³/mol. The quantitative estimate of drug-likeness (QED) is 0.408. The highest BCUT2D eigenvalue weighted by Crippen LogP contribution is 2.45. The Morgan fingerprint density at radius 3 is 2.32 bits per heavy atom. The first-order chi connectivity index (χ1) is 16.0. The summed E-state index contributed by atoms with van der Waals surface area (Å²) in [5, 5.41) is 13.0. The zero-order chi connectivity index (χ0) is 24.7. The summed E-state index contributed by atoms with van der Waals surface area (Å²) in [5.74, 6) is -7.36. The molecule has 0 fully saturated rings. The normalized spacial score (nSPS) is 16.4. The molecule has 0 saturated carbocycles. The second-order valence-corrected chi connectivity index (χ2v) is 7.45. The van der Waals surface area contributed by atoms with E-state index in [-0.39, 0.29) is 11.3 Å². The molecule has 1 aliphatic rings. The molecular weight excluding hydrogens is 465 g/mol.